The molecule has 0 unspecified atom stereocenters. The highest BCUT2D eigenvalue weighted by Crippen LogP contribution is 2.63. The van der Waals surface area contributed by atoms with Crippen LogP contribution in [0.4, 0.5) is 0 Å². The number of hydrogen-bond acceptors (Lipinski definition) is 6. The summed E-state index contributed by atoms with van der Waals surface area (Å²) in [6, 6.07) is 31.8. The molecule has 5 N–H and O–H groups in total. The van der Waals surface area contributed by atoms with Crippen molar-refractivity contribution in [3.05, 3.63) is 177 Å². The van der Waals surface area contributed by atoms with Crippen molar-refractivity contribution in [3.63, 3.8) is 0 Å². The minimum Gasteiger partial charge on any atom is -0.404 e. The van der Waals surface area contributed by atoms with Crippen LogP contribution < -0.4 is 16.8 Å². The van der Waals surface area contributed by atoms with E-state index < -0.39 is 5.41 Å². The lowest BCUT2D eigenvalue weighted by atomic mass is 9.70. The number of dihydropyridines is 1. The molecule has 4 aromatic carbocycles. The maximum atomic E-state index is 6.32. The lowest BCUT2D eigenvalue weighted by molar-refractivity contribution is 0.793. The molecule has 0 amide bonds. The Labute approximate surface area is 284 Å². The summed E-state index contributed by atoms with van der Waals surface area (Å²) in [4.78, 5) is 4.58. The molecule has 1 spiro atoms. The normalized spacial score (nSPS) is 15.9. The Bertz CT molecular complexity index is 2140. The highest BCUT2D eigenvalue weighted by Gasteiger charge is 2.51. The van der Waals surface area contributed by atoms with Gasteiger partial charge < -0.3 is 16.8 Å². The van der Waals surface area contributed by atoms with Crippen LogP contribution in [0.25, 0.3) is 39.0 Å². The first-order valence-electron chi connectivity index (χ1n) is 15.7. The number of nitrogens with zero attached hydrogens (tertiary/aromatic N) is 1. The minimum absolute atomic E-state index is 0.464. The Morgan fingerprint density at radius 1 is 0.894 bits per heavy atom. The van der Waals surface area contributed by atoms with Crippen LogP contribution in [-0.2, 0) is 5.41 Å². The summed E-state index contributed by atoms with van der Waals surface area (Å²) in [7, 11) is 0. The first-order valence-corrected chi connectivity index (χ1v) is 17.7. The topological polar surface area (TPSA) is 77.0 Å². The van der Waals surface area contributed by atoms with Gasteiger partial charge in [0, 0.05) is 48.0 Å². The second-order valence-corrected chi connectivity index (χ2v) is 13.9. The third kappa shape index (κ3) is 4.70. The van der Waals surface area contributed by atoms with Crippen LogP contribution in [-0.4, -0.2) is 17.3 Å². The van der Waals surface area contributed by atoms with Gasteiger partial charge in [0.05, 0.1) is 5.41 Å². The predicted molar refractivity (Wildman–Crippen MR) is 201 cm³/mol. The Morgan fingerprint density at radius 2 is 1.60 bits per heavy atom. The van der Waals surface area contributed by atoms with Crippen molar-refractivity contribution in [2.75, 3.05) is 12.3 Å². The van der Waals surface area contributed by atoms with Gasteiger partial charge in [-0.25, -0.2) is 4.98 Å². The second kappa shape index (κ2) is 12.0. The molecule has 4 nitrogen and oxygen atoms in total. The van der Waals surface area contributed by atoms with Gasteiger partial charge in [-0.05, 0) is 97.3 Å². The van der Waals surface area contributed by atoms with Gasteiger partial charge in [-0.1, -0.05) is 84.4 Å². The molecule has 5 aromatic rings. The molecule has 2 heterocycles. The molecule has 3 aliphatic rings. The molecule has 230 valence electrons. The maximum Gasteiger partial charge on any atom is 0.121 e. The quantitative estimate of drug-likeness (QED) is 0.151. The van der Waals surface area contributed by atoms with Crippen LogP contribution >= 0.6 is 23.1 Å². The summed E-state index contributed by atoms with van der Waals surface area (Å²) in [5, 5.41) is 8.52. The van der Waals surface area contributed by atoms with Gasteiger partial charge in [-0.3, -0.25) is 0 Å². The number of thiazole rings is 1. The number of benzene rings is 4. The third-order valence-electron chi connectivity index (χ3n) is 9.41. The van der Waals surface area contributed by atoms with E-state index in [-0.39, 0.29) is 0 Å². The highest BCUT2D eigenvalue weighted by molar-refractivity contribution is 8.02. The molecule has 47 heavy (non-hydrogen) atoms. The fourth-order valence-corrected chi connectivity index (χ4v) is 8.71. The predicted octanol–water partition coefficient (Wildman–Crippen LogP) is 8.92. The Hall–Kier alpha value is -5.04. The standard InChI is InChI=1S/C41H34N4S2/c1-26(25-46-16-14-42)18-29(22-43)27-10-12-34-35-13-11-28(30-19-31(24-44-23-30)40-45-15-17-47-40)21-39(35)41(38(34)20-27)36-8-4-2-6-32(36)33-7-3-5-9-37(33)41/h2-23,44H,24-25,42-43H2,1H3/b16-14-,26-18+,29-22+. The van der Waals surface area contributed by atoms with Crippen molar-refractivity contribution in [3.8, 4) is 22.3 Å². The van der Waals surface area contributed by atoms with Crippen molar-refractivity contribution < 1.29 is 0 Å². The summed E-state index contributed by atoms with van der Waals surface area (Å²) < 4.78 is 0. The number of hydrogen-bond donors (Lipinski definition) is 3. The van der Waals surface area contributed by atoms with Crippen LogP contribution in [0.15, 0.2) is 138 Å². The number of thioether (sulfide) groups is 1. The van der Waals surface area contributed by atoms with Gasteiger partial charge in [0.2, 0.25) is 0 Å². The lowest BCUT2D eigenvalue weighted by Crippen LogP contribution is -2.26. The number of nitrogens with two attached hydrogens (primary N) is 2. The molecule has 0 fully saturated rings. The van der Waals surface area contributed by atoms with E-state index in [0.29, 0.717) is 0 Å². The molecule has 0 radical (unpaired) electrons. The minimum atomic E-state index is -0.464. The number of allylic oxidation sites excluding steroid dienone is 4. The fraction of sp³-hybridized carbons (Fsp3) is 0.0976. The monoisotopic (exact) mass is 646 g/mol. The fourth-order valence-electron chi connectivity index (χ4n) is 7.51. The average Bonchev–Trinajstić information content (AvgIpc) is 3.83. The Balaban J connectivity index is 1.33. The van der Waals surface area contributed by atoms with Crippen LogP contribution in [0.5, 0.6) is 0 Å². The van der Waals surface area contributed by atoms with Gasteiger partial charge >= 0.3 is 0 Å². The summed E-state index contributed by atoms with van der Waals surface area (Å²) in [5.74, 6) is 0.846. The van der Waals surface area contributed by atoms with E-state index in [4.69, 9.17) is 11.5 Å². The Morgan fingerprint density at radius 3 is 2.30 bits per heavy atom. The zero-order valence-electron chi connectivity index (χ0n) is 26.0. The zero-order chi connectivity index (χ0) is 32.0. The highest BCUT2D eigenvalue weighted by atomic mass is 32.2. The van der Waals surface area contributed by atoms with E-state index in [1.54, 1.807) is 35.5 Å². The zero-order valence-corrected chi connectivity index (χ0v) is 27.7. The van der Waals surface area contributed by atoms with Crippen LogP contribution in [0.2, 0.25) is 0 Å². The molecular formula is C41H34N4S2. The van der Waals surface area contributed by atoms with Crippen LogP contribution in [0.3, 0.4) is 0 Å². The molecule has 1 aromatic heterocycles. The van der Waals surface area contributed by atoms with Crippen molar-refractivity contribution in [2.24, 2.45) is 11.5 Å². The van der Waals surface area contributed by atoms with Gasteiger partial charge in [0.25, 0.3) is 0 Å². The first-order chi connectivity index (χ1) is 23.1. The van der Waals surface area contributed by atoms with E-state index in [9.17, 15) is 0 Å². The van der Waals surface area contributed by atoms with Crippen molar-refractivity contribution in [2.45, 2.75) is 12.3 Å². The molecule has 0 atom stereocenters. The van der Waals surface area contributed by atoms with Gasteiger partial charge in [0.1, 0.15) is 5.01 Å². The van der Waals surface area contributed by atoms with E-state index in [1.807, 2.05) is 17.0 Å². The molecule has 0 saturated heterocycles. The van der Waals surface area contributed by atoms with Gasteiger partial charge in [-0.15, -0.1) is 23.1 Å². The van der Waals surface area contributed by atoms with Gasteiger partial charge in [0.15, 0.2) is 0 Å². The number of aromatic nitrogens is 1. The van der Waals surface area contributed by atoms with E-state index in [0.717, 1.165) is 34.0 Å². The first kappa shape index (κ1) is 29.4. The van der Waals surface area contributed by atoms with Crippen molar-refractivity contribution in [1.82, 2.24) is 10.3 Å². The van der Waals surface area contributed by atoms with E-state index in [2.05, 4.69) is 121 Å². The molecule has 0 bridgehead atoms. The number of fused-ring (bicyclic) bond motifs is 10. The van der Waals surface area contributed by atoms with E-state index in [1.165, 1.54) is 61.2 Å². The van der Waals surface area contributed by atoms with Crippen molar-refractivity contribution in [1.29, 1.82) is 0 Å². The van der Waals surface area contributed by atoms with Crippen molar-refractivity contribution >= 4 is 39.8 Å². The smallest absolute Gasteiger partial charge is 0.121 e. The maximum absolute atomic E-state index is 6.32. The third-order valence-corrected chi connectivity index (χ3v) is 11.2. The molecule has 1 aliphatic heterocycles. The SMILES string of the molecule is C/C(=C\C(=C/N)c1ccc2c(c1)C1(c3ccccc3-c3ccccc31)c1cc(C3=CNCC(c4nccs4)=C3)ccc1-2)CS/C=C\N. The molecule has 2 aliphatic carbocycles. The van der Waals surface area contributed by atoms with Crippen LogP contribution in [0.1, 0.15) is 45.3 Å². The van der Waals surface area contributed by atoms with Crippen LogP contribution in [0, 0.1) is 0 Å². The molecule has 8 rings (SSSR count). The summed E-state index contributed by atoms with van der Waals surface area (Å²) >= 11 is 3.35. The summed E-state index contributed by atoms with van der Waals surface area (Å²) in [5.41, 5.74) is 28.7. The van der Waals surface area contributed by atoms with Gasteiger partial charge in [-0.2, -0.15) is 0 Å². The second-order valence-electron chi connectivity index (χ2n) is 12.1. The lowest BCUT2D eigenvalue weighted by Gasteiger charge is -2.31. The number of rotatable bonds is 7. The number of nitrogens with one attached hydrogen (secondary N) is 1. The molecular weight excluding hydrogens is 613 g/mol. The Kier molecular flexibility index (Phi) is 7.47. The summed E-state index contributed by atoms with van der Waals surface area (Å²) in [6.07, 6.45) is 11.8. The average molecular weight is 647 g/mol. The largest absolute Gasteiger partial charge is 0.404 e. The molecule has 0 saturated carbocycles. The van der Waals surface area contributed by atoms with E-state index >= 15 is 0 Å². The molecule has 6 heteroatoms. The summed E-state index contributed by atoms with van der Waals surface area (Å²) in [6.45, 7) is 2.91.